The van der Waals surface area contributed by atoms with Crippen molar-refractivity contribution in [2.45, 2.75) is 16.3 Å². The lowest BCUT2D eigenvalue weighted by molar-refractivity contribution is 0.893. The Balaban J connectivity index is 1.43. The number of aromatic nitrogens is 2. The molecule has 5 rings (SSSR count). The van der Waals surface area contributed by atoms with Crippen LogP contribution in [0.5, 0.6) is 0 Å². The number of benzene rings is 3. The van der Waals surface area contributed by atoms with E-state index < -0.39 is 0 Å². The zero-order valence-electron chi connectivity index (χ0n) is 15.5. The third kappa shape index (κ3) is 4.16. The molecular weight excluding hydrogens is 500 g/mol. The molecule has 0 saturated carbocycles. The Morgan fingerprint density at radius 1 is 0.967 bits per heavy atom. The number of rotatable bonds is 4. The van der Waals surface area contributed by atoms with Crippen molar-refractivity contribution in [2.75, 3.05) is 4.90 Å². The fourth-order valence-corrected chi connectivity index (χ4v) is 5.52. The second kappa shape index (κ2) is 8.51. The van der Waals surface area contributed by atoms with Crippen molar-refractivity contribution in [1.82, 2.24) is 10.2 Å². The molecule has 30 heavy (non-hydrogen) atoms. The lowest BCUT2D eigenvalue weighted by atomic mass is 10.2. The summed E-state index contributed by atoms with van der Waals surface area (Å²) in [6, 6.07) is 22.3. The van der Waals surface area contributed by atoms with Crippen LogP contribution >= 0.6 is 50.6 Å². The molecule has 0 spiro atoms. The Morgan fingerprint density at radius 2 is 1.83 bits per heavy atom. The summed E-state index contributed by atoms with van der Waals surface area (Å²) in [6.45, 7) is 0.606. The predicted molar refractivity (Wildman–Crippen MR) is 129 cm³/mol. The van der Waals surface area contributed by atoms with Crippen molar-refractivity contribution in [2.24, 2.45) is 4.99 Å². The highest BCUT2D eigenvalue weighted by Crippen LogP contribution is 2.49. The fraction of sp³-hybridized carbons (Fsp3) is 0.0455. The Hall–Kier alpha value is -2.19. The molecule has 0 atom stereocenters. The molecule has 3 aromatic carbocycles. The van der Waals surface area contributed by atoms with Crippen molar-refractivity contribution >= 4 is 73.4 Å². The summed E-state index contributed by atoms with van der Waals surface area (Å²) in [5.74, 6) is 0. The summed E-state index contributed by atoms with van der Waals surface area (Å²) in [5.41, 5.74) is 3.24. The van der Waals surface area contributed by atoms with Crippen LogP contribution < -0.4 is 4.90 Å². The van der Waals surface area contributed by atoms with E-state index in [4.69, 9.17) is 11.6 Å². The van der Waals surface area contributed by atoms with Crippen LogP contribution in [0.2, 0.25) is 5.02 Å². The van der Waals surface area contributed by atoms with Gasteiger partial charge >= 0.3 is 0 Å². The highest BCUT2D eigenvalue weighted by atomic mass is 79.9. The highest BCUT2D eigenvalue weighted by molar-refractivity contribution is 9.10. The van der Waals surface area contributed by atoms with Crippen LogP contribution in [-0.4, -0.2) is 16.4 Å². The first kappa shape index (κ1) is 19.8. The van der Waals surface area contributed by atoms with Crippen LogP contribution in [-0.2, 0) is 6.54 Å². The minimum atomic E-state index is 0.606. The number of anilines is 2. The van der Waals surface area contributed by atoms with Gasteiger partial charge < -0.3 is 4.90 Å². The van der Waals surface area contributed by atoms with Gasteiger partial charge in [-0.3, -0.25) is 0 Å². The normalized spacial score (nSPS) is 12.8. The smallest absolute Gasteiger partial charge is 0.231 e. The molecule has 0 N–H and O–H groups in total. The van der Waals surface area contributed by atoms with Gasteiger partial charge in [-0.05, 0) is 48.0 Å². The molecule has 1 aliphatic heterocycles. The third-order valence-electron chi connectivity index (χ3n) is 4.51. The van der Waals surface area contributed by atoms with Crippen molar-refractivity contribution in [3.8, 4) is 0 Å². The van der Waals surface area contributed by atoms with E-state index >= 15 is 0 Å². The number of para-hydroxylation sites is 1. The lowest BCUT2D eigenvalue weighted by Crippen LogP contribution is -2.20. The summed E-state index contributed by atoms with van der Waals surface area (Å²) < 4.78 is 1.02. The molecule has 8 heteroatoms. The standard InChI is InChI=1S/C22H14BrClN4S2/c23-15-5-3-4-14(10-15)12-25-22-27-26-21(30-22)13-28-17-6-1-2-7-19(17)29-20-9-8-16(24)11-18(20)28/h1-12H,13H2/b25-12+. The predicted octanol–water partition coefficient (Wildman–Crippen LogP) is 7.51. The molecule has 4 nitrogen and oxygen atoms in total. The Bertz CT molecular complexity index is 1260. The summed E-state index contributed by atoms with van der Waals surface area (Å²) >= 11 is 13.0. The van der Waals surface area contributed by atoms with Crippen molar-refractivity contribution < 1.29 is 0 Å². The Labute approximate surface area is 195 Å². The first-order chi connectivity index (χ1) is 14.7. The van der Waals surface area contributed by atoms with Gasteiger partial charge in [-0.25, -0.2) is 4.99 Å². The van der Waals surface area contributed by atoms with E-state index in [1.807, 2.05) is 36.4 Å². The van der Waals surface area contributed by atoms with Gasteiger partial charge in [0.1, 0.15) is 5.01 Å². The molecule has 0 aliphatic carbocycles. The maximum Gasteiger partial charge on any atom is 0.231 e. The molecule has 0 amide bonds. The molecular formula is C22H14BrClN4S2. The van der Waals surface area contributed by atoms with Crippen molar-refractivity contribution in [1.29, 1.82) is 0 Å². The van der Waals surface area contributed by atoms with E-state index in [0.717, 1.165) is 31.4 Å². The Kier molecular flexibility index (Phi) is 5.60. The number of fused-ring (bicyclic) bond motifs is 2. The summed E-state index contributed by atoms with van der Waals surface area (Å²) in [5, 5.41) is 10.9. The van der Waals surface area contributed by atoms with Crippen LogP contribution in [0, 0.1) is 0 Å². The van der Waals surface area contributed by atoms with Gasteiger partial charge in [0.05, 0.1) is 17.9 Å². The first-order valence-electron chi connectivity index (χ1n) is 9.12. The number of nitrogens with zero attached hydrogens (tertiary/aromatic N) is 4. The number of aliphatic imine (C=N–C) groups is 1. The van der Waals surface area contributed by atoms with Crippen LogP contribution in [0.3, 0.4) is 0 Å². The molecule has 0 bridgehead atoms. The van der Waals surface area contributed by atoms with Crippen LogP contribution in [0.4, 0.5) is 16.5 Å². The summed E-state index contributed by atoms with van der Waals surface area (Å²) in [6.07, 6.45) is 1.80. The summed E-state index contributed by atoms with van der Waals surface area (Å²) in [7, 11) is 0. The molecule has 1 aliphatic rings. The molecule has 0 fully saturated rings. The van der Waals surface area contributed by atoms with E-state index in [1.165, 1.54) is 21.1 Å². The molecule has 148 valence electrons. The SMILES string of the molecule is Clc1ccc2c(c1)N(Cc1nnc(/N=C/c3cccc(Br)c3)s1)c1ccccc1S2. The van der Waals surface area contributed by atoms with E-state index in [2.05, 4.69) is 66.4 Å². The van der Waals surface area contributed by atoms with Crippen LogP contribution in [0.15, 0.2) is 86.0 Å². The number of halogens is 2. The lowest BCUT2D eigenvalue weighted by Gasteiger charge is -2.32. The molecule has 0 saturated heterocycles. The quantitative estimate of drug-likeness (QED) is 0.265. The zero-order valence-corrected chi connectivity index (χ0v) is 19.5. The first-order valence-corrected chi connectivity index (χ1v) is 11.9. The Morgan fingerprint density at radius 3 is 2.73 bits per heavy atom. The van der Waals surface area contributed by atoms with Gasteiger partial charge in [-0.1, -0.05) is 74.9 Å². The molecule has 1 aromatic heterocycles. The van der Waals surface area contributed by atoms with Gasteiger partial charge in [-0.15, -0.1) is 10.2 Å². The third-order valence-corrected chi connectivity index (χ3v) is 7.18. The van der Waals surface area contributed by atoms with E-state index in [0.29, 0.717) is 11.7 Å². The molecule has 0 radical (unpaired) electrons. The van der Waals surface area contributed by atoms with Gasteiger partial charge in [0, 0.05) is 25.5 Å². The van der Waals surface area contributed by atoms with Gasteiger partial charge in [0.25, 0.3) is 0 Å². The monoisotopic (exact) mass is 512 g/mol. The zero-order chi connectivity index (χ0) is 20.5. The second-order valence-electron chi connectivity index (χ2n) is 6.56. The van der Waals surface area contributed by atoms with Gasteiger partial charge in [0.15, 0.2) is 0 Å². The van der Waals surface area contributed by atoms with E-state index in [-0.39, 0.29) is 0 Å². The number of hydrogen-bond donors (Lipinski definition) is 0. The fourth-order valence-electron chi connectivity index (χ4n) is 3.19. The highest BCUT2D eigenvalue weighted by Gasteiger charge is 2.24. The average molecular weight is 514 g/mol. The van der Waals surface area contributed by atoms with Crippen molar-refractivity contribution in [3.63, 3.8) is 0 Å². The maximum atomic E-state index is 6.30. The summed E-state index contributed by atoms with van der Waals surface area (Å²) in [4.78, 5) is 9.12. The van der Waals surface area contributed by atoms with Crippen LogP contribution in [0.25, 0.3) is 0 Å². The molecule has 2 heterocycles. The maximum absolute atomic E-state index is 6.30. The van der Waals surface area contributed by atoms with E-state index in [9.17, 15) is 0 Å². The van der Waals surface area contributed by atoms with Crippen molar-refractivity contribution in [3.05, 3.63) is 86.8 Å². The van der Waals surface area contributed by atoms with E-state index in [1.54, 1.807) is 18.0 Å². The second-order valence-corrected chi connectivity index (χ2v) is 10.0. The molecule has 4 aromatic rings. The average Bonchev–Trinajstić information content (AvgIpc) is 3.20. The van der Waals surface area contributed by atoms with Gasteiger partial charge in [0.2, 0.25) is 5.13 Å². The molecule has 0 unspecified atom stereocenters. The number of hydrogen-bond acceptors (Lipinski definition) is 6. The minimum Gasteiger partial charge on any atom is -0.333 e. The largest absolute Gasteiger partial charge is 0.333 e. The van der Waals surface area contributed by atoms with Gasteiger partial charge in [-0.2, -0.15) is 0 Å². The topological polar surface area (TPSA) is 41.4 Å². The minimum absolute atomic E-state index is 0.606. The van der Waals surface area contributed by atoms with Crippen LogP contribution in [0.1, 0.15) is 10.6 Å².